The van der Waals surface area contributed by atoms with Gasteiger partial charge in [0.25, 0.3) is 5.91 Å². The molecule has 2 rings (SSSR count). The van der Waals surface area contributed by atoms with Gasteiger partial charge < -0.3 is 9.80 Å². The van der Waals surface area contributed by atoms with Crippen molar-refractivity contribution >= 4 is 11.9 Å². The Morgan fingerprint density at radius 1 is 1.12 bits per heavy atom. The molecule has 6 nitrogen and oxygen atoms in total. The van der Waals surface area contributed by atoms with Crippen LogP contribution in [0.3, 0.4) is 0 Å². The maximum absolute atomic E-state index is 12.5. The number of carbonyl (C=O) groups is 1. The third kappa shape index (κ3) is 4.50. The first-order chi connectivity index (χ1) is 11.5. The van der Waals surface area contributed by atoms with Crippen molar-refractivity contribution in [3.05, 3.63) is 47.5 Å². The van der Waals surface area contributed by atoms with Gasteiger partial charge in [0.2, 0.25) is 5.95 Å². The number of hydrogen-bond acceptors (Lipinski definition) is 5. The summed E-state index contributed by atoms with van der Waals surface area (Å²) in [6, 6.07) is 5.75. The number of aromatic nitrogens is 3. The van der Waals surface area contributed by atoms with E-state index in [1.165, 1.54) is 5.56 Å². The summed E-state index contributed by atoms with van der Waals surface area (Å²) in [6.07, 6.45) is 4.45. The van der Waals surface area contributed by atoms with Crippen LogP contribution in [0.15, 0.2) is 30.6 Å². The van der Waals surface area contributed by atoms with Gasteiger partial charge in [0.05, 0.1) is 0 Å². The van der Waals surface area contributed by atoms with E-state index in [9.17, 15) is 4.79 Å². The lowest BCUT2D eigenvalue weighted by molar-refractivity contribution is 0.0767. The molecule has 0 atom stereocenters. The Balaban J connectivity index is 2.13. The van der Waals surface area contributed by atoms with Gasteiger partial charge >= 0.3 is 0 Å². The summed E-state index contributed by atoms with van der Waals surface area (Å²) in [5.41, 5.74) is 2.46. The molecule has 0 fully saturated rings. The summed E-state index contributed by atoms with van der Waals surface area (Å²) in [7, 11) is 1.95. The van der Waals surface area contributed by atoms with E-state index >= 15 is 0 Å². The molecular formula is C18H25N5O. The van der Waals surface area contributed by atoms with Crippen LogP contribution in [0.2, 0.25) is 0 Å². The van der Waals surface area contributed by atoms with E-state index < -0.39 is 0 Å². The molecule has 0 radical (unpaired) electrons. The quantitative estimate of drug-likeness (QED) is 0.781. The Kier molecular flexibility index (Phi) is 6.23. The van der Waals surface area contributed by atoms with Crippen molar-refractivity contribution in [1.82, 2.24) is 19.9 Å². The van der Waals surface area contributed by atoms with Crippen LogP contribution in [0.5, 0.6) is 0 Å². The molecule has 0 saturated carbocycles. The summed E-state index contributed by atoms with van der Waals surface area (Å²) < 4.78 is 0. The molecule has 128 valence electrons. The number of anilines is 1. The Bertz CT molecular complexity index is 670. The summed E-state index contributed by atoms with van der Waals surface area (Å²) >= 11 is 0. The number of rotatable bonds is 7. The molecule has 0 saturated heterocycles. The zero-order valence-corrected chi connectivity index (χ0v) is 14.9. The Hall–Kier alpha value is -2.50. The molecule has 2 aromatic rings. The highest BCUT2D eigenvalue weighted by atomic mass is 16.2. The summed E-state index contributed by atoms with van der Waals surface area (Å²) in [6.45, 7) is 7.94. The highest BCUT2D eigenvalue weighted by Crippen LogP contribution is 2.12. The molecule has 0 N–H and O–H groups in total. The number of hydrogen-bond donors (Lipinski definition) is 0. The second kappa shape index (κ2) is 8.38. The van der Waals surface area contributed by atoms with Crippen molar-refractivity contribution in [2.24, 2.45) is 0 Å². The van der Waals surface area contributed by atoms with Gasteiger partial charge in [0.15, 0.2) is 0 Å². The monoisotopic (exact) mass is 327 g/mol. The molecule has 0 aliphatic carbocycles. The smallest absolute Gasteiger partial charge is 0.272 e. The van der Waals surface area contributed by atoms with E-state index in [0.29, 0.717) is 24.7 Å². The van der Waals surface area contributed by atoms with Crippen LogP contribution in [0.4, 0.5) is 5.95 Å². The normalized spacial score (nSPS) is 10.5. The molecule has 0 bridgehead atoms. The largest absolute Gasteiger partial charge is 0.344 e. The molecule has 0 aliphatic heterocycles. The topological polar surface area (TPSA) is 62.2 Å². The molecule has 24 heavy (non-hydrogen) atoms. The third-order valence-electron chi connectivity index (χ3n) is 3.94. The molecule has 1 amide bonds. The molecule has 0 aromatic carbocycles. The first-order valence-electron chi connectivity index (χ1n) is 8.30. The lowest BCUT2D eigenvalue weighted by Crippen LogP contribution is -2.32. The predicted molar refractivity (Wildman–Crippen MR) is 95.2 cm³/mol. The van der Waals surface area contributed by atoms with Crippen molar-refractivity contribution in [2.75, 3.05) is 31.6 Å². The van der Waals surface area contributed by atoms with E-state index in [1.54, 1.807) is 23.4 Å². The number of aryl methyl sites for hydroxylation is 1. The first kappa shape index (κ1) is 17.8. The van der Waals surface area contributed by atoms with Gasteiger partial charge in [-0.1, -0.05) is 0 Å². The minimum atomic E-state index is -0.0470. The van der Waals surface area contributed by atoms with Crippen molar-refractivity contribution in [3.8, 4) is 0 Å². The van der Waals surface area contributed by atoms with Crippen LogP contribution in [-0.2, 0) is 6.42 Å². The van der Waals surface area contributed by atoms with Gasteiger partial charge in [0.1, 0.15) is 5.69 Å². The van der Waals surface area contributed by atoms with Gasteiger partial charge in [-0.3, -0.25) is 9.78 Å². The average molecular weight is 327 g/mol. The summed E-state index contributed by atoms with van der Waals surface area (Å²) in [5, 5.41) is 0. The molecular weight excluding hydrogens is 302 g/mol. The van der Waals surface area contributed by atoms with Gasteiger partial charge in [-0.15, -0.1) is 0 Å². The molecule has 0 spiro atoms. The fourth-order valence-corrected chi connectivity index (χ4v) is 2.45. The number of pyridine rings is 1. The number of carbonyl (C=O) groups excluding carboxylic acids is 1. The zero-order valence-electron chi connectivity index (χ0n) is 14.9. The fraction of sp³-hybridized carbons (Fsp3) is 0.444. The first-order valence-corrected chi connectivity index (χ1v) is 8.30. The van der Waals surface area contributed by atoms with Crippen LogP contribution < -0.4 is 4.90 Å². The van der Waals surface area contributed by atoms with Gasteiger partial charge in [-0.2, -0.15) is 0 Å². The number of nitrogens with zero attached hydrogens (tertiary/aromatic N) is 5. The van der Waals surface area contributed by atoms with E-state index in [0.717, 1.165) is 18.7 Å². The lowest BCUT2D eigenvalue weighted by atomic mass is 10.2. The average Bonchev–Trinajstić information content (AvgIpc) is 2.61. The van der Waals surface area contributed by atoms with Crippen LogP contribution in [0, 0.1) is 6.92 Å². The molecule has 2 heterocycles. The number of likely N-dealkylation sites (N-methyl/N-ethyl adjacent to an activating group) is 1. The number of amides is 1. The van der Waals surface area contributed by atoms with Gasteiger partial charge in [0, 0.05) is 44.8 Å². The maximum atomic E-state index is 12.5. The third-order valence-corrected chi connectivity index (χ3v) is 3.94. The van der Waals surface area contributed by atoms with Crippen molar-refractivity contribution in [3.63, 3.8) is 0 Å². The molecule has 6 heteroatoms. The molecule has 0 unspecified atom stereocenters. The van der Waals surface area contributed by atoms with Crippen LogP contribution >= 0.6 is 0 Å². The lowest BCUT2D eigenvalue weighted by Gasteiger charge is -2.21. The van der Waals surface area contributed by atoms with E-state index in [-0.39, 0.29) is 5.91 Å². The maximum Gasteiger partial charge on any atom is 0.272 e. The van der Waals surface area contributed by atoms with E-state index in [1.807, 2.05) is 44.9 Å². The van der Waals surface area contributed by atoms with Crippen LogP contribution in [0.1, 0.15) is 35.6 Å². The summed E-state index contributed by atoms with van der Waals surface area (Å²) in [5.74, 6) is 0.536. The Morgan fingerprint density at radius 2 is 1.79 bits per heavy atom. The Morgan fingerprint density at radius 3 is 2.42 bits per heavy atom. The SMILES string of the molecule is CCN(CC)C(=O)c1cc(C)nc(N(C)CCc2ccncc2)n1. The Labute approximate surface area is 143 Å². The second-order valence-corrected chi connectivity index (χ2v) is 5.70. The van der Waals surface area contributed by atoms with E-state index in [2.05, 4.69) is 15.0 Å². The minimum absolute atomic E-state index is 0.0470. The highest BCUT2D eigenvalue weighted by molar-refractivity contribution is 5.92. The highest BCUT2D eigenvalue weighted by Gasteiger charge is 2.17. The predicted octanol–water partition coefficient (Wildman–Crippen LogP) is 2.34. The zero-order chi connectivity index (χ0) is 17.5. The van der Waals surface area contributed by atoms with Crippen LogP contribution in [-0.4, -0.2) is 52.4 Å². The van der Waals surface area contributed by atoms with Gasteiger partial charge in [-0.25, -0.2) is 9.97 Å². The summed E-state index contributed by atoms with van der Waals surface area (Å²) in [4.78, 5) is 29.2. The molecule has 2 aromatic heterocycles. The van der Waals surface area contributed by atoms with Crippen molar-refractivity contribution in [1.29, 1.82) is 0 Å². The van der Waals surface area contributed by atoms with Crippen LogP contribution in [0.25, 0.3) is 0 Å². The fourth-order valence-electron chi connectivity index (χ4n) is 2.45. The van der Waals surface area contributed by atoms with Gasteiger partial charge in [-0.05, 0) is 51.0 Å². The standard InChI is InChI=1S/C18H25N5O/c1-5-23(6-2)17(24)16-13-14(3)20-18(21-16)22(4)12-9-15-7-10-19-11-8-15/h7-8,10-11,13H,5-6,9,12H2,1-4H3. The van der Waals surface area contributed by atoms with Crippen molar-refractivity contribution < 1.29 is 4.79 Å². The second-order valence-electron chi connectivity index (χ2n) is 5.70. The molecule has 0 aliphatic rings. The van der Waals surface area contributed by atoms with E-state index in [4.69, 9.17) is 0 Å². The van der Waals surface area contributed by atoms with Crippen molar-refractivity contribution in [2.45, 2.75) is 27.2 Å². The minimum Gasteiger partial charge on any atom is -0.344 e.